The van der Waals surface area contributed by atoms with E-state index in [2.05, 4.69) is 32.5 Å². The number of nitrogens with one attached hydrogen (secondary N) is 2. The smallest absolute Gasteiger partial charge is 0.180 e. The predicted molar refractivity (Wildman–Crippen MR) is 99.5 cm³/mol. The van der Waals surface area contributed by atoms with Crippen LogP contribution in [0.25, 0.3) is 11.5 Å². The van der Waals surface area contributed by atoms with Crippen molar-refractivity contribution >= 4 is 5.82 Å². The molecule has 0 aromatic carbocycles. The minimum atomic E-state index is 0.178. The van der Waals surface area contributed by atoms with Crippen molar-refractivity contribution in [3.8, 4) is 11.5 Å². The summed E-state index contributed by atoms with van der Waals surface area (Å²) in [5, 5.41) is 6.94. The summed E-state index contributed by atoms with van der Waals surface area (Å²) >= 11 is 0. The van der Waals surface area contributed by atoms with Gasteiger partial charge in [0.15, 0.2) is 5.82 Å². The molecule has 4 rings (SSSR count). The van der Waals surface area contributed by atoms with E-state index in [9.17, 15) is 0 Å². The number of fused-ring (bicyclic) bond motifs is 1. The van der Waals surface area contributed by atoms with Gasteiger partial charge in [0, 0.05) is 49.4 Å². The van der Waals surface area contributed by atoms with Crippen LogP contribution in [0.2, 0.25) is 0 Å². The van der Waals surface area contributed by atoms with Gasteiger partial charge in [0.25, 0.3) is 0 Å². The first kappa shape index (κ1) is 16.5. The number of aromatic nitrogens is 5. The van der Waals surface area contributed by atoms with Crippen molar-refractivity contribution in [3.05, 3.63) is 59.9 Å². The van der Waals surface area contributed by atoms with E-state index >= 15 is 0 Å². The molecule has 0 radical (unpaired) electrons. The molecule has 1 atom stereocenters. The summed E-state index contributed by atoms with van der Waals surface area (Å²) < 4.78 is 0. The highest BCUT2D eigenvalue weighted by Gasteiger charge is 2.20. The summed E-state index contributed by atoms with van der Waals surface area (Å²) in [6, 6.07) is 5.96. The SMILES string of the molecule is C[C@H](Cc1cnccn1)Nc1nc(-c2ccccn2)nc2c1CCNC2. The van der Waals surface area contributed by atoms with Gasteiger partial charge in [0.2, 0.25) is 0 Å². The molecule has 1 aliphatic heterocycles. The molecule has 3 aromatic rings. The third-order valence-corrected chi connectivity index (χ3v) is 4.35. The van der Waals surface area contributed by atoms with Gasteiger partial charge < -0.3 is 10.6 Å². The maximum absolute atomic E-state index is 4.79. The number of nitrogens with zero attached hydrogens (tertiary/aromatic N) is 5. The molecule has 26 heavy (non-hydrogen) atoms. The lowest BCUT2D eigenvalue weighted by Gasteiger charge is -2.23. The molecular formula is C19H21N7. The molecule has 0 fully saturated rings. The Kier molecular flexibility index (Phi) is 4.79. The molecule has 3 aromatic heterocycles. The van der Waals surface area contributed by atoms with E-state index in [0.29, 0.717) is 5.82 Å². The summed E-state index contributed by atoms with van der Waals surface area (Å²) in [4.78, 5) is 22.4. The number of hydrogen-bond acceptors (Lipinski definition) is 7. The molecule has 0 bridgehead atoms. The topological polar surface area (TPSA) is 88.5 Å². The van der Waals surface area contributed by atoms with Crippen molar-refractivity contribution in [1.82, 2.24) is 30.2 Å². The Morgan fingerprint density at radius 3 is 2.92 bits per heavy atom. The van der Waals surface area contributed by atoms with Crippen LogP contribution in [-0.4, -0.2) is 37.5 Å². The Morgan fingerprint density at radius 2 is 2.12 bits per heavy atom. The quantitative estimate of drug-likeness (QED) is 0.730. The second-order valence-corrected chi connectivity index (χ2v) is 6.41. The fraction of sp³-hybridized carbons (Fsp3) is 0.316. The van der Waals surface area contributed by atoms with Crippen LogP contribution >= 0.6 is 0 Å². The van der Waals surface area contributed by atoms with Crippen LogP contribution in [0, 0.1) is 0 Å². The van der Waals surface area contributed by atoms with Crippen LogP contribution in [0.1, 0.15) is 23.9 Å². The van der Waals surface area contributed by atoms with Gasteiger partial charge in [-0.1, -0.05) is 6.07 Å². The summed E-state index contributed by atoms with van der Waals surface area (Å²) in [5.74, 6) is 1.55. The van der Waals surface area contributed by atoms with Gasteiger partial charge in [-0.2, -0.15) is 0 Å². The molecule has 7 nitrogen and oxygen atoms in total. The lowest BCUT2D eigenvalue weighted by atomic mass is 10.1. The number of anilines is 1. The Hall–Kier alpha value is -2.93. The summed E-state index contributed by atoms with van der Waals surface area (Å²) in [5.41, 5.74) is 3.98. The molecule has 0 unspecified atom stereocenters. The standard InChI is InChI=1S/C19H21N7/c1-13(10-14-11-21-8-9-22-14)24-18-15-5-7-20-12-17(15)25-19(26-18)16-4-2-3-6-23-16/h2-4,6,8-9,11,13,20H,5,7,10,12H2,1H3,(H,24,25,26)/t13-/m1/s1. The van der Waals surface area contributed by atoms with E-state index in [-0.39, 0.29) is 6.04 Å². The number of pyridine rings is 1. The lowest BCUT2D eigenvalue weighted by molar-refractivity contribution is 0.623. The van der Waals surface area contributed by atoms with Crippen LogP contribution in [0.3, 0.4) is 0 Å². The molecule has 0 aliphatic carbocycles. The third-order valence-electron chi connectivity index (χ3n) is 4.35. The fourth-order valence-corrected chi connectivity index (χ4v) is 3.12. The minimum Gasteiger partial charge on any atom is -0.367 e. The van der Waals surface area contributed by atoms with Gasteiger partial charge in [0.1, 0.15) is 11.5 Å². The Balaban J connectivity index is 1.63. The summed E-state index contributed by atoms with van der Waals surface area (Å²) in [6.45, 7) is 3.82. The lowest BCUT2D eigenvalue weighted by Crippen LogP contribution is -2.28. The van der Waals surface area contributed by atoms with E-state index in [4.69, 9.17) is 9.97 Å². The molecule has 0 spiro atoms. The van der Waals surface area contributed by atoms with Crippen LogP contribution in [0.5, 0.6) is 0 Å². The van der Waals surface area contributed by atoms with Crippen molar-refractivity contribution in [2.45, 2.75) is 32.4 Å². The molecule has 0 saturated heterocycles. The molecule has 0 amide bonds. The van der Waals surface area contributed by atoms with E-state index in [1.807, 2.05) is 18.2 Å². The Labute approximate surface area is 152 Å². The Morgan fingerprint density at radius 1 is 1.15 bits per heavy atom. The van der Waals surface area contributed by atoms with Crippen molar-refractivity contribution < 1.29 is 0 Å². The van der Waals surface area contributed by atoms with Gasteiger partial charge in [0.05, 0.1) is 11.4 Å². The predicted octanol–water partition coefficient (Wildman–Crippen LogP) is 2.02. The highest BCUT2D eigenvalue weighted by Crippen LogP contribution is 2.24. The van der Waals surface area contributed by atoms with E-state index in [1.165, 1.54) is 5.56 Å². The summed E-state index contributed by atoms with van der Waals surface area (Å²) in [7, 11) is 0. The molecule has 7 heteroatoms. The highest BCUT2D eigenvalue weighted by molar-refractivity contribution is 5.57. The zero-order valence-corrected chi connectivity index (χ0v) is 14.7. The van der Waals surface area contributed by atoms with Gasteiger partial charge in [-0.15, -0.1) is 0 Å². The largest absolute Gasteiger partial charge is 0.367 e. The van der Waals surface area contributed by atoms with Crippen molar-refractivity contribution in [3.63, 3.8) is 0 Å². The maximum Gasteiger partial charge on any atom is 0.180 e. The maximum atomic E-state index is 4.79. The van der Waals surface area contributed by atoms with E-state index in [0.717, 1.165) is 48.8 Å². The Bertz CT molecular complexity index is 868. The number of hydrogen-bond donors (Lipinski definition) is 2. The minimum absolute atomic E-state index is 0.178. The first-order chi connectivity index (χ1) is 12.8. The average Bonchev–Trinajstić information content (AvgIpc) is 2.69. The molecule has 1 aliphatic rings. The molecule has 2 N–H and O–H groups in total. The monoisotopic (exact) mass is 347 g/mol. The van der Waals surface area contributed by atoms with Crippen molar-refractivity contribution in [2.75, 3.05) is 11.9 Å². The normalized spacial score (nSPS) is 14.5. The van der Waals surface area contributed by atoms with Gasteiger partial charge in [-0.25, -0.2) is 9.97 Å². The van der Waals surface area contributed by atoms with Crippen molar-refractivity contribution in [2.24, 2.45) is 0 Å². The van der Waals surface area contributed by atoms with Crippen LogP contribution < -0.4 is 10.6 Å². The highest BCUT2D eigenvalue weighted by atomic mass is 15.1. The number of rotatable bonds is 5. The van der Waals surface area contributed by atoms with Crippen molar-refractivity contribution in [1.29, 1.82) is 0 Å². The fourth-order valence-electron chi connectivity index (χ4n) is 3.12. The first-order valence-electron chi connectivity index (χ1n) is 8.83. The van der Waals surface area contributed by atoms with Crippen LogP contribution in [0.15, 0.2) is 43.0 Å². The third kappa shape index (κ3) is 3.67. The second-order valence-electron chi connectivity index (χ2n) is 6.41. The van der Waals surface area contributed by atoms with Gasteiger partial charge in [-0.3, -0.25) is 15.0 Å². The molecular weight excluding hydrogens is 326 g/mol. The zero-order valence-electron chi connectivity index (χ0n) is 14.7. The van der Waals surface area contributed by atoms with Crippen LogP contribution in [-0.2, 0) is 19.4 Å². The van der Waals surface area contributed by atoms with E-state index in [1.54, 1.807) is 24.8 Å². The van der Waals surface area contributed by atoms with Crippen LogP contribution in [0.4, 0.5) is 5.82 Å². The van der Waals surface area contributed by atoms with Gasteiger partial charge in [-0.05, 0) is 32.0 Å². The molecule has 4 heterocycles. The molecule has 0 saturated carbocycles. The second kappa shape index (κ2) is 7.53. The average molecular weight is 347 g/mol. The molecule has 132 valence electrons. The van der Waals surface area contributed by atoms with Gasteiger partial charge >= 0.3 is 0 Å². The van der Waals surface area contributed by atoms with E-state index < -0.39 is 0 Å². The summed E-state index contributed by atoms with van der Waals surface area (Å²) in [6.07, 6.45) is 8.67. The first-order valence-corrected chi connectivity index (χ1v) is 8.83. The zero-order chi connectivity index (χ0) is 17.8.